The first-order chi connectivity index (χ1) is 8.19. The molecule has 17 heavy (non-hydrogen) atoms. The molecule has 96 valence electrons. The van der Waals surface area contributed by atoms with Gasteiger partial charge in [0.2, 0.25) is 0 Å². The van der Waals surface area contributed by atoms with Gasteiger partial charge in [-0.15, -0.1) is 0 Å². The Morgan fingerprint density at radius 3 is 2.18 bits per heavy atom. The van der Waals surface area contributed by atoms with Gasteiger partial charge in [0.05, 0.1) is 0 Å². The molecular formula is C15H26N2. The fraction of sp³-hybridized carbons (Fsp3) is 0.600. The maximum atomic E-state index is 3.68. The summed E-state index contributed by atoms with van der Waals surface area (Å²) in [6.07, 6.45) is 2.36. The molecule has 0 aromatic heterocycles. The Balaban J connectivity index is 2.52. The highest BCUT2D eigenvalue weighted by Gasteiger charge is 2.19. The Labute approximate surface area is 106 Å². The van der Waals surface area contributed by atoms with Crippen molar-refractivity contribution in [2.75, 3.05) is 14.1 Å². The van der Waals surface area contributed by atoms with Crippen molar-refractivity contribution in [3.05, 3.63) is 35.9 Å². The van der Waals surface area contributed by atoms with Crippen molar-refractivity contribution >= 4 is 0 Å². The van der Waals surface area contributed by atoms with E-state index in [0.29, 0.717) is 12.1 Å². The molecule has 0 aliphatic heterocycles. The molecule has 1 aromatic carbocycles. The molecule has 0 saturated heterocycles. The van der Waals surface area contributed by atoms with Gasteiger partial charge in [0.25, 0.3) is 0 Å². The van der Waals surface area contributed by atoms with Crippen LogP contribution in [0, 0.1) is 0 Å². The van der Waals surface area contributed by atoms with Gasteiger partial charge in [0, 0.05) is 18.6 Å². The molecule has 2 heteroatoms. The van der Waals surface area contributed by atoms with Gasteiger partial charge in [-0.25, -0.2) is 0 Å². The SMILES string of the molecule is CCC(NCc1ccccc1)C(CC)N(C)C. The maximum Gasteiger partial charge on any atom is 0.0240 e. The van der Waals surface area contributed by atoms with Crippen LogP contribution in [0.1, 0.15) is 32.3 Å². The second-order valence-corrected chi connectivity index (χ2v) is 4.82. The highest BCUT2D eigenvalue weighted by Crippen LogP contribution is 2.10. The first-order valence-electron chi connectivity index (χ1n) is 6.62. The van der Waals surface area contributed by atoms with Gasteiger partial charge in [0.1, 0.15) is 0 Å². The van der Waals surface area contributed by atoms with Crippen LogP contribution in [-0.2, 0) is 6.54 Å². The van der Waals surface area contributed by atoms with Crippen LogP contribution in [0.15, 0.2) is 30.3 Å². The summed E-state index contributed by atoms with van der Waals surface area (Å²) in [6, 6.07) is 11.8. The third-order valence-electron chi connectivity index (χ3n) is 3.40. The molecule has 0 aliphatic carbocycles. The molecule has 0 radical (unpaired) electrons. The normalized spacial score (nSPS) is 14.9. The van der Waals surface area contributed by atoms with Gasteiger partial charge in [-0.1, -0.05) is 44.2 Å². The van der Waals surface area contributed by atoms with Crippen LogP contribution in [-0.4, -0.2) is 31.1 Å². The van der Waals surface area contributed by atoms with E-state index in [0.717, 1.165) is 6.54 Å². The van der Waals surface area contributed by atoms with E-state index < -0.39 is 0 Å². The molecule has 0 amide bonds. The molecule has 1 aromatic rings. The topological polar surface area (TPSA) is 15.3 Å². The minimum absolute atomic E-state index is 0.565. The molecule has 0 heterocycles. The van der Waals surface area contributed by atoms with Crippen molar-refractivity contribution in [2.24, 2.45) is 0 Å². The molecule has 1 N–H and O–H groups in total. The van der Waals surface area contributed by atoms with Crippen LogP contribution in [0.3, 0.4) is 0 Å². The van der Waals surface area contributed by atoms with E-state index in [9.17, 15) is 0 Å². The highest BCUT2D eigenvalue weighted by molar-refractivity contribution is 5.14. The zero-order chi connectivity index (χ0) is 12.7. The average molecular weight is 234 g/mol. The minimum atomic E-state index is 0.565. The second kappa shape index (κ2) is 7.46. The van der Waals surface area contributed by atoms with E-state index >= 15 is 0 Å². The van der Waals surface area contributed by atoms with Crippen molar-refractivity contribution in [3.8, 4) is 0 Å². The zero-order valence-corrected chi connectivity index (χ0v) is 11.6. The molecule has 2 nitrogen and oxygen atoms in total. The monoisotopic (exact) mass is 234 g/mol. The molecule has 2 atom stereocenters. The molecular weight excluding hydrogens is 208 g/mol. The lowest BCUT2D eigenvalue weighted by atomic mass is 10.0. The lowest BCUT2D eigenvalue weighted by Gasteiger charge is -2.31. The standard InChI is InChI=1S/C15H26N2/c1-5-14(15(6-2)17(3)4)16-12-13-10-8-7-9-11-13/h7-11,14-16H,5-6,12H2,1-4H3. The van der Waals surface area contributed by atoms with Crippen molar-refractivity contribution < 1.29 is 0 Å². The Hall–Kier alpha value is -0.860. The van der Waals surface area contributed by atoms with E-state index in [-0.39, 0.29) is 0 Å². The number of rotatable bonds is 7. The summed E-state index contributed by atoms with van der Waals surface area (Å²) in [6.45, 7) is 5.48. The number of hydrogen-bond acceptors (Lipinski definition) is 2. The third kappa shape index (κ3) is 4.49. The van der Waals surface area contributed by atoms with Crippen LogP contribution < -0.4 is 5.32 Å². The molecule has 2 unspecified atom stereocenters. The Morgan fingerprint density at radius 1 is 1.06 bits per heavy atom. The number of benzene rings is 1. The quantitative estimate of drug-likeness (QED) is 0.780. The lowest BCUT2D eigenvalue weighted by Crippen LogP contribution is -2.46. The van der Waals surface area contributed by atoms with Crippen LogP contribution in [0.5, 0.6) is 0 Å². The van der Waals surface area contributed by atoms with Crippen molar-refractivity contribution in [1.82, 2.24) is 10.2 Å². The molecule has 1 rings (SSSR count). The third-order valence-corrected chi connectivity index (χ3v) is 3.40. The summed E-state index contributed by atoms with van der Waals surface area (Å²) in [5, 5.41) is 3.68. The van der Waals surface area contributed by atoms with Crippen molar-refractivity contribution in [3.63, 3.8) is 0 Å². The lowest BCUT2D eigenvalue weighted by molar-refractivity contribution is 0.216. The predicted octanol–water partition coefficient (Wildman–Crippen LogP) is 2.90. The molecule has 0 spiro atoms. The van der Waals surface area contributed by atoms with Crippen molar-refractivity contribution in [1.29, 1.82) is 0 Å². The van der Waals surface area contributed by atoms with Gasteiger partial charge in [-0.2, -0.15) is 0 Å². The Morgan fingerprint density at radius 2 is 1.71 bits per heavy atom. The summed E-state index contributed by atoms with van der Waals surface area (Å²) in [7, 11) is 4.34. The van der Waals surface area contributed by atoms with E-state index in [1.807, 2.05) is 0 Å². The van der Waals surface area contributed by atoms with E-state index in [1.54, 1.807) is 0 Å². The van der Waals surface area contributed by atoms with Crippen LogP contribution in [0.4, 0.5) is 0 Å². The van der Waals surface area contributed by atoms with E-state index in [4.69, 9.17) is 0 Å². The van der Waals surface area contributed by atoms with Crippen molar-refractivity contribution in [2.45, 2.75) is 45.3 Å². The van der Waals surface area contributed by atoms with Gasteiger partial charge < -0.3 is 10.2 Å². The fourth-order valence-electron chi connectivity index (χ4n) is 2.41. The summed E-state index contributed by atoms with van der Waals surface area (Å²) in [4.78, 5) is 2.33. The smallest absolute Gasteiger partial charge is 0.0240 e. The second-order valence-electron chi connectivity index (χ2n) is 4.82. The van der Waals surface area contributed by atoms with Gasteiger partial charge in [-0.3, -0.25) is 0 Å². The van der Waals surface area contributed by atoms with Gasteiger partial charge in [-0.05, 0) is 32.5 Å². The van der Waals surface area contributed by atoms with Crippen LogP contribution in [0.25, 0.3) is 0 Å². The highest BCUT2D eigenvalue weighted by atomic mass is 15.1. The van der Waals surface area contributed by atoms with Gasteiger partial charge >= 0.3 is 0 Å². The van der Waals surface area contributed by atoms with Gasteiger partial charge in [0.15, 0.2) is 0 Å². The predicted molar refractivity (Wildman–Crippen MR) is 75.1 cm³/mol. The zero-order valence-electron chi connectivity index (χ0n) is 11.6. The molecule has 0 aliphatic rings. The number of nitrogens with zero attached hydrogens (tertiary/aromatic N) is 1. The van der Waals surface area contributed by atoms with E-state index in [1.165, 1.54) is 18.4 Å². The summed E-state index contributed by atoms with van der Waals surface area (Å²) in [5.41, 5.74) is 1.36. The molecule has 0 saturated carbocycles. The minimum Gasteiger partial charge on any atom is -0.308 e. The van der Waals surface area contributed by atoms with Crippen LogP contribution >= 0.6 is 0 Å². The Kier molecular flexibility index (Phi) is 6.23. The largest absolute Gasteiger partial charge is 0.308 e. The molecule has 0 fully saturated rings. The first-order valence-corrected chi connectivity index (χ1v) is 6.62. The fourth-order valence-corrected chi connectivity index (χ4v) is 2.41. The number of likely N-dealkylation sites (N-methyl/N-ethyl adjacent to an activating group) is 1. The van der Waals surface area contributed by atoms with Crippen LogP contribution in [0.2, 0.25) is 0 Å². The maximum absolute atomic E-state index is 3.68. The summed E-state index contributed by atoms with van der Waals surface area (Å²) in [5.74, 6) is 0. The first kappa shape index (κ1) is 14.2. The summed E-state index contributed by atoms with van der Waals surface area (Å²) < 4.78 is 0. The number of nitrogens with one attached hydrogen (secondary N) is 1. The Bertz CT molecular complexity index is 295. The average Bonchev–Trinajstić information content (AvgIpc) is 2.35. The van der Waals surface area contributed by atoms with E-state index in [2.05, 4.69) is 68.5 Å². The summed E-state index contributed by atoms with van der Waals surface area (Å²) >= 11 is 0. The number of hydrogen-bond donors (Lipinski definition) is 1. The molecule has 0 bridgehead atoms.